The maximum atomic E-state index is 4.70. The van der Waals surface area contributed by atoms with Crippen molar-refractivity contribution in [1.29, 1.82) is 0 Å². The van der Waals surface area contributed by atoms with Crippen LogP contribution in [0, 0.1) is 5.92 Å². The van der Waals surface area contributed by atoms with Crippen LogP contribution in [0.5, 0.6) is 0 Å². The van der Waals surface area contributed by atoms with Gasteiger partial charge in [-0.15, -0.1) is 0 Å². The Bertz CT molecular complexity index is 787. The third kappa shape index (κ3) is 10.7. The first-order valence-corrected chi connectivity index (χ1v) is 15.7. The molecule has 1 fully saturated rings. The van der Waals surface area contributed by atoms with Gasteiger partial charge in [0.1, 0.15) is 0 Å². The molecule has 1 saturated carbocycles. The van der Waals surface area contributed by atoms with Crippen molar-refractivity contribution < 1.29 is 0 Å². The van der Waals surface area contributed by atoms with Crippen molar-refractivity contribution in [3.05, 3.63) is 47.8 Å². The largest absolute Gasteiger partial charge is 0.236 e. The molecule has 36 heavy (non-hydrogen) atoms. The van der Waals surface area contributed by atoms with Gasteiger partial charge in [0.15, 0.2) is 5.82 Å². The summed E-state index contributed by atoms with van der Waals surface area (Å²) >= 11 is 0. The van der Waals surface area contributed by atoms with E-state index in [9.17, 15) is 0 Å². The predicted molar refractivity (Wildman–Crippen MR) is 156 cm³/mol. The van der Waals surface area contributed by atoms with Crippen LogP contribution in [0.15, 0.2) is 36.7 Å². The summed E-state index contributed by atoms with van der Waals surface area (Å²) < 4.78 is 0. The Morgan fingerprint density at radius 1 is 0.611 bits per heavy atom. The molecule has 0 amide bonds. The van der Waals surface area contributed by atoms with E-state index in [1.165, 1.54) is 133 Å². The Morgan fingerprint density at radius 3 is 1.72 bits per heavy atom. The highest BCUT2D eigenvalue weighted by atomic mass is 14.9. The molecule has 0 atom stereocenters. The van der Waals surface area contributed by atoms with Crippen molar-refractivity contribution in [2.75, 3.05) is 0 Å². The highest BCUT2D eigenvalue weighted by molar-refractivity contribution is 5.55. The Kier molecular flexibility index (Phi) is 14.2. The van der Waals surface area contributed by atoms with Crippen molar-refractivity contribution in [1.82, 2.24) is 9.97 Å². The zero-order chi connectivity index (χ0) is 25.3. The topological polar surface area (TPSA) is 25.8 Å². The van der Waals surface area contributed by atoms with Crippen LogP contribution in [-0.2, 0) is 6.42 Å². The fourth-order valence-corrected chi connectivity index (χ4v) is 6.00. The molecule has 200 valence electrons. The first-order valence-electron chi connectivity index (χ1n) is 15.7. The van der Waals surface area contributed by atoms with E-state index in [0.29, 0.717) is 0 Å². The average molecular weight is 491 g/mol. The number of benzene rings is 1. The van der Waals surface area contributed by atoms with Crippen molar-refractivity contribution in [2.45, 2.75) is 148 Å². The monoisotopic (exact) mass is 490 g/mol. The van der Waals surface area contributed by atoms with Crippen LogP contribution in [-0.4, -0.2) is 9.97 Å². The molecule has 0 aliphatic heterocycles. The lowest BCUT2D eigenvalue weighted by Crippen LogP contribution is -2.13. The van der Waals surface area contributed by atoms with Crippen LogP contribution < -0.4 is 0 Å². The summed E-state index contributed by atoms with van der Waals surface area (Å²) in [5, 5.41) is 0. The molecule has 1 aliphatic rings. The zero-order valence-corrected chi connectivity index (χ0v) is 23.7. The summed E-state index contributed by atoms with van der Waals surface area (Å²) in [6.45, 7) is 4.59. The van der Waals surface area contributed by atoms with Gasteiger partial charge in [-0.05, 0) is 61.5 Å². The van der Waals surface area contributed by atoms with Crippen LogP contribution in [0.1, 0.15) is 153 Å². The predicted octanol–water partition coefficient (Wildman–Crippen LogP) is 10.9. The van der Waals surface area contributed by atoms with E-state index >= 15 is 0 Å². The molecule has 0 N–H and O–H groups in total. The number of unbranched alkanes of at least 4 members (excludes halogenated alkanes) is 12. The Hall–Kier alpha value is -1.70. The van der Waals surface area contributed by atoms with E-state index < -0.39 is 0 Å². The van der Waals surface area contributed by atoms with Gasteiger partial charge in [-0.3, -0.25) is 0 Å². The van der Waals surface area contributed by atoms with E-state index in [1.807, 2.05) is 12.4 Å². The van der Waals surface area contributed by atoms with Gasteiger partial charge in [-0.2, -0.15) is 0 Å². The highest BCUT2D eigenvalue weighted by Gasteiger charge is 2.22. The maximum Gasteiger partial charge on any atom is 0.159 e. The summed E-state index contributed by atoms with van der Waals surface area (Å²) in [6, 6.07) is 9.15. The molecule has 2 heteroatoms. The molecule has 1 aromatic carbocycles. The van der Waals surface area contributed by atoms with Crippen LogP contribution in [0.3, 0.4) is 0 Å². The number of hydrogen-bond donors (Lipinski definition) is 0. The quantitative estimate of drug-likeness (QED) is 0.194. The fourth-order valence-electron chi connectivity index (χ4n) is 6.00. The van der Waals surface area contributed by atoms with Crippen molar-refractivity contribution in [2.24, 2.45) is 5.92 Å². The molecule has 0 saturated heterocycles. The second-order valence-corrected chi connectivity index (χ2v) is 11.5. The lowest BCUT2D eigenvalue weighted by atomic mass is 9.77. The summed E-state index contributed by atoms with van der Waals surface area (Å²) in [7, 11) is 0. The van der Waals surface area contributed by atoms with Crippen LogP contribution in [0.25, 0.3) is 11.4 Å². The lowest BCUT2D eigenvalue weighted by molar-refractivity contribution is 0.302. The van der Waals surface area contributed by atoms with E-state index in [1.54, 1.807) is 0 Å². The van der Waals surface area contributed by atoms with Gasteiger partial charge in [-0.25, -0.2) is 9.97 Å². The number of aromatic nitrogens is 2. The highest BCUT2D eigenvalue weighted by Crippen LogP contribution is 2.38. The standard InChI is InChI=1S/C34H54N2/c1-3-5-7-9-10-11-12-13-14-16-18-30-27-35-34(36-28-30)33-25-23-32(24-26-33)31-21-19-29(20-22-31)17-15-8-6-4-2/h23-29,31H,3-22H2,1-2H3. The van der Waals surface area contributed by atoms with Crippen LogP contribution in [0.4, 0.5) is 0 Å². The molecule has 0 bridgehead atoms. The normalized spacial score (nSPS) is 17.9. The Morgan fingerprint density at radius 2 is 1.14 bits per heavy atom. The molecule has 0 radical (unpaired) electrons. The Balaban J connectivity index is 1.32. The molecule has 0 spiro atoms. The van der Waals surface area contributed by atoms with E-state index in [0.717, 1.165) is 29.6 Å². The number of aryl methyl sites for hydroxylation is 1. The van der Waals surface area contributed by atoms with Gasteiger partial charge in [-0.1, -0.05) is 128 Å². The zero-order valence-electron chi connectivity index (χ0n) is 23.7. The Labute approximate surface area is 223 Å². The molecule has 2 aromatic rings. The third-order valence-electron chi connectivity index (χ3n) is 8.48. The first-order chi connectivity index (χ1) is 17.8. The minimum absolute atomic E-state index is 0.746. The number of nitrogens with zero attached hydrogens (tertiary/aromatic N) is 2. The second kappa shape index (κ2) is 17.7. The van der Waals surface area contributed by atoms with Gasteiger partial charge in [0.25, 0.3) is 0 Å². The van der Waals surface area contributed by atoms with Gasteiger partial charge in [0, 0.05) is 18.0 Å². The van der Waals surface area contributed by atoms with Gasteiger partial charge in [0.05, 0.1) is 0 Å². The van der Waals surface area contributed by atoms with E-state index in [4.69, 9.17) is 9.97 Å². The van der Waals surface area contributed by atoms with Crippen molar-refractivity contribution in [3.63, 3.8) is 0 Å². The second-order valence-electron chi connectivity index (χ2n) is 11.5. The minimum Gasteiger partial charge on any atom is -0.236 e. The van der Waals surface area contributed by atoms with E-state index in [2.05, 4.69) is 38.1 Å². The van der Waals surface area contributed by atoms with Crippen LogP contribution in [0.2, 0.25) is 0 Å². The average Bonchev–Trinajstić information content (AvgIpc) is 2.93. The minimum atomic E-state index is 0.746. The first kappa shape index (κ1) is 28.9. The third-order valence-corrected chi connectivity index (χ3v) is 8.48. The number of rotatable bonds is 18. The SMILES string of the molecule is CCCCCCCCCCCCc1cnc(-c2ccc(C3CCC(CCCCCC)CC3)cc2)nc1. The molecular formula is C34H54N2. The molecule has 1 aliphatic carbocycles. The summed E-state index contributed by atoms with van der Waals surface area (Å²) in [6.07, 6.45) is 31.7. The van der Waals surface area contributed by atoms with Crippen molar-refractivity contribution in [3.8, 4) is 11.4 Å². The van der Waals surface area contributed by atoms with Crippen LogP contribution >= 0.6 is 0 Å². The molecule has 2 nitrogen and oxygen atoms in total. The smallest absolute Gasteiger partial charge is 0.159 e. The molecule has 1 aromatic heterocycles. The fraction of sp³-hybridized carbons (Fsp3) is 0.706. The summed E-state index contributed by atoms with van der Waals surface area (Å²) in [4.78, 5) is 9.39. The molecule has 3 rings (SSSR count). The van der Waals surface area contributed by atoms with Gasteiger partial charge >= 0.3 is 0 Å². The summed E-state index contributed by atoms with van der Waals surface area (Å²) in [5.41, 5.74) is 3.94. The van der Waals surface area contributed by atoms with E-state index in [-0.39, 0.29) is 0 Å². The van der Waals surface area contributed by atoms with Crippen molar-refractivity contribution >= 4 is 0 Å². The maximum absolute atomic E-state index is 4.70. The lowest BCUT2D eigenvalue weighted by Gasteiger charge is -2.29. The van der Waals surface area contributed by atoms with Gasteiger partial charge in [0.2, 0.25) is 0 Å². The molecule has 1 heterocycles. The molecule has 0 unspecified atom stereocenters. The van der Waals surface area contributed by atoms with Gasteiger partial charge < -0.3 is 0 Å². The molecular weight excluding hydrogens is 436 g/mol. The summed E-state index contributed by atoms with van der Waals surface area (Å²) in [5.74, 6) is 2.59. The number of hydrogen-bond acceptors (Lipinski definition) is 2.